The van der Waals surface area contributed by atoms with Crippen LogP contribution in [0.3, 0.4) is 0 Å². The highest BCUT2D eigenvalue weighted by Crippen LogP contribution is 2.20. The first-order chi connectivity index (χ1) is 8.58. The van der Waals surface area contributed by atoms with E-state index < -0.39 is 0 Å². The van der Waals surface area contributed by atoms with Gasteiger partial charge in [0, 0.05) is 19.2 Å². The number of hydrogen-bond acceptors (Lipinski definition) is 3. The van der Waals surface area contributed by atoms with E-state index in [2.05, 4.69) is 0 Å². The zero-order valence-electron chi connectivity index (χ0n) is 10.4. The average Bonchev–Trinajstić information content (AvgIpc) is 2.84. The van der Waals surface area contributed by atoms with Crippen molar-refractivity contribution in [3.63, 3.8) is 0 Å². The van der Waals surface area contributed by atoms with Crippen LogP contribution < -0.4 is 0 Å². The van der Waals surface area contributed by atoms with Crippen molar-refractivity contribution in [3.8, 4) is 5.75 Å². The molecule has 0 bridgehead atoms. The van der Waals surface area contributed by atoms with E-state index in [4.69, 9.17) is 4.42 Å². The van der Waals surface area contributed by atoms with Gasteiger partial charge in [-0.1, -0.05) is 11.6 Å². The number of carbonyl (C=O) groups is 1. The Labute approximate surface area is 105 Å². The first-order valence-corrected chi connectivity index (χ1v) is 5.64. The number of aromatic hydroxyl groups is 1. The van der Waals surface area contributed by atoms with Gasteiger partial charge in [0.1, 0.15) is 5.75 Å². The molecule has 0 unspecified atom stereocenters. The third-order valence-electron chi connectivity index (χ3n) is 2.73. The monoisotopic (exact) mass is 245 g/mol. The first-order valence-electron chi connectivity index (χ1n) is 5.64. The fraction of sp³-hybridized carbons (Fsp3) is 0.214. The Morgan fingerprint density at radius 3 is 2.83 bits per heavy atom. The van der Waals surface area contributed by atoms with Gasteiger partial charge in [-0.3, -0.25) is 4.79 Å². The number of carbonyl (C=O) groups excluding carboxylic acids is 1. The van der Waals surface area contributed by atoms with Crippen LogP contribution in [0.1, 0.15) is 21.5 Å². The summed E-state index contributed by atoms with van der Waals surface area (Å²) < 4.78 is 4.96. The Hall–Kier alpha value is -2.23. The molecule has 0 saturated carbocycles. The minimum Gasteiger partial charge on any atom is -0.507 e. The molecule has 1 heterocycles. The van der Waals surface area contributed by atoms with Crippen LogP contribution in [0, 0.1) is 6.92 Å². The summed E-state index contributed by atoms with van der Waals surface area (Å²) in [5.74, 6) is -0.206. The van der Waals surface area contributed by atoms with Crippen molar-refractivity contribution in [1.29, 1.82) is 0 Å². The standard InChI is InChI=1S/C14H15NO3/c1-10-3-4-13(16)12(7-10)14(17)15(2)8-11-5-6-18-9-11/h3-7,9,16H,8H2,1-2H3. The van der Waals surface area contributed by atoms with Crippen molar-refractivity contribution < 1.29 is 14.3 Å². The maximum Gasteiger partial charge on any atom is 0.257 e. The van der Waals surface area contributed by atoms with E-state index in [1.807, 2.05) is 6.92 Å². The Morgan fingerprint density at radius 2 is 2.17 bits per heavy atom. The van der Waals surface area contributed by atoms with E-state index in [1.165, 1.54) is 6.07 Å². The van der Waals surface area contributed by atoms with E-state index >= 15 is 0 Å². The van der Waals surface area contributed by atoms with Crippen LogP contribution in [-0.4, -0.2) is 23.0 Å². The molecule has 4 nitrogen and oxygen atoms in total. The van der Waals surface area contributed by atoms with Crippen LogP contribution in [-0.2, 0) is 6.54 Å². The second-order valence-electron chi connectivity index (χ2n) is 4.31. The third-order valence-corrected chi connectivity index (χ3v) is 2.73. The van der Waals surface area contributed by atoms with Crippen molar-refractivity contribution in [1.82, 2.24) is 4.90 Å². The second-order valence-corrected chi connectivity index (χ2v) is 4.31. The number of phenols is 1. The molecule has 0 atom stereocenters. The lowest BCUT2D eigenvalue weighted by Gasteiger charge is -2.17. The van der Waals surface area contributed by atoms with Gasteiger partial charge in [-0.25, -0.2) is 0 Å². The summed E-state index contributed by atoms with van der Waals surface area (Å²) in [6, 6.07) is 6.79. The van der Waals surface area contributed by atoms with Gasteiger partial charge in [0.25, 0.3) is 5.91 Å². The number of hydrogen-bond donors (Lipinski definition) is 1. The van der Waals surface area contributed by atoms with Gasteiger partial charge in [-0.05, 0) is 25.1 Å². The molecule has 1 N–H and O–H groups in total. The lowest BCUT2D eigenvalue weighted by atomic mass is 10.1. The number of benzene rings is 1. The summed E-state index contributed by atoms with van der Waals surface area (Å²) in [6.07, 6.45) is 3.16. The SMILES string of the molecule is Cc1ccc(O)c(C(=O)N(C)Cc2ccoc2)c1. The number of amides is 1. The van der Waals surface area contributed by atoms with Crippen LogP contribution in [0.4, 0.5) is 0 Å². The largest absolute Gasteiger partial charge is 0.507 e. The van der Waals surface area contributed by atoms with Crippen LogP contribution in [0.5, 0.6) is 5.75 Å². The molecular weight excluding hydrogens is 230 g/mol. The molecule has 0 aliphatic rings. The van der Waals surface area contributed by atoms with Crippen LogP contribution in [0.25, 0.3) is 0 Å². The van der Waals surface area contributed by atoms with Crippen molar-refractivity contribution in [3.05, 3.63) is 53.5 Å². The number of rotatable bonds is 3. The zero-order chi connectivity index (χ0) is 13.1. The quantitative estimate of drug-likeness (QED) is 0.904. The molecular formula is C14H15NO3. The van der Waals surface area contributed by atoms with E-state index in [9.17, 15) is 9.90 Å². The fourth-order valence-corrected chi connectivity index (χ4v) is 1.76. The van der Waals surface area contributed by atoms with Crippen LogP contribution >= 0.6 is 0 Å². The molecule has 0 spiro atoms. The van der Waals surface area contributed by atoms with Gasteiger partial charge in [0.2, 0.25) is 0 Å². The van der Waals surface area contributed by atoms with Crippen molar-refractivity contribution in [2.75, 3.05) is 7.05 Å². The van der Waals surface area contributed by atoms with Crippen LogP contribution in [0.15, 0.2) is 41.2 Å². The normalized spacial score (nSPS) is 10.3. The Morgan fingerprint density at radius 1 is 1.39 bits per heavy atom. The molecule has 0 aliphatic heterocycles. The van der Waals surface area contributed by atoms with Gasteiger partial charge in [0.15, 0.2) is 0 Å². The lowest BCUT2D eigenvalue weighted by molar-refractivity contribution is 0.0782. The lowest BCUT2D eigenvalue weighted by Crippen LogP contribution is -2.26. The van der Waals surface area contributed by atoms with Gasteiger partial charge in [0.05, 0.1) is 18.1 Å². The summed E-state index contributed by atoms with van der Waals surface area (Å²) in [5, 5.41) is 9.71. The maximum absolute atomic E-state index is 12.2. The summed E-state index contributed by atoms with van der Waals surface area (Å²) in [5.41, 5.74) is 2.17. The van der Waals surface area contributed by atoms with Crippen molar-refractivity contribution >= 4 is 5.91 Å². The number of nitrogens with zero attached hydrogens (tertiary/aromatic N) is 1. The first kappa shape index (κ1) is 12.2. The van der Waals surface area contributed by atoms with E-state index in [-0.39, 0.29) is 11.7 Å². The Bertz CT molecular complexity index is 546. The molecule has 18 heavy (non-hydrogen) atoms. The molecule has 2 aromatic rings. The van der Waals surface area contributed by atoms with E-state index in [0.717, 1.165) is 11.1 Å². The highest BCUT2D eigenvalue weighted by atomic mass is 16.3. The maximum atomic E-state index is 12.2. The molecule has 1 aromatic carbocycles. The summed E-state index contributed by atoms with van der Waals surface area (Å²) in [7, 11) is 1.69. The highest BCUT2D eigenvalue weighted by Gasteiger charge is 2.16. The molecule has 0 fully saturated rings. The topological polar surface area (TPSA) is 53.7 Å². The molecule has 0 radical (unpaired) electrons. The molecule has 4 heteroatoms. The minimum absolute atomic E-state index is 0.00430. The molecule has 2 rings (SSSR count). The zero-order valence-corrected chi connectivity index (χ0v) is 10.4. The average molecular weight is 245 g/mol. The van der Waals surface area contributed by atoms with Crippen molar-refractivity contribution in [2.45, 2.75) is 13.5 Å². The number of furan rings is 1. The minimum atomic E-state index is -0.211. The summed E-state index contributed by atoms with van der Waals surface area (Å²) in [4.78, 5) is 13.7. The van der Waals surface area contributed by atoms with Gasteiger partial charge in [-0.2, -0.15) is 0 Å². The Balaban J connectivity index is 2.17. The molecule has 1 amide bonds. The molecule has 1 aromatic heterocycles. The smallest absolute Gasteiger partial charge is 0.257 e. The highest BCUT2D eigenvalue weighted by molar-refractivity contribution is 5.96. The van der Waals surface area contributed by atoms with Crippen molar-refractivity contribution in [2.24, 2.45) is 0 Å². The summed E-state index contributed by atoms with van der Waals surface area (Å²) >= 11 is 0. The summed E-state index contributed by atoms with van der Waals surface area (Å²) in [6.45, 7) is 2.33. The van der Waals surface area contributed by atoms with Gasteiger partial charge in [-0.15, -0.1) is 0 Å². The van der Waals surface area contributed by atoms with Gasteiger partial charge < -0.3 is 14.4 Å². The van der Waals surface area contributed by atoms with E-state index in [1.54, 1.807) is 42.7 Å². The molecule has 0 aliphatic carbocycles. The predicted molar refractivity (Wildman–Crippen MR) is 67.3 cm³/mol. The predicted octanol–water partition coefficient (Wildman–Crippen LogP) is 2.57. The van der Waals surface area contributed by atoms with Gasteiger partial charge >= 0.3 is 0 Å². The number of aryl methyl sites for hydroxylation is 1. The Kier molecular flexibility index (Phi) is 3.37. The molecule has 0 saturated heterocycles. The van der Waals surface area contributed by atoms with Crippen LogP contribution in [0.2, 0.25) is 0 Å². The second kappa shape index (κ2) is 4.96. The third kappa shape index (κ3) is 2.53. The number of phenolic OH excluding ortho intramolecular Hbond substituents is 1. The molecule has 94 valence electrons. The van der Waals surface area contributed by atoms with E-state index in [0.29, 0.717) is 12.1 Å². The fourth-order valence-electron chi connectivity index (χ4n) is 1.76.